The van der Waals surface area contributed by atoms with Crippen molar-refractivity contribution in [3.63, 3.8) is 0 Å². The monoisotopic (exact) mass is 286 g/mol. The summed E-state index contributed by atoms with van der Waals surface area (Å²) >= 11 is 0. The zero-order valence-electron chi connectivity index (χ0n) is 13.5. The molecule has 2 rings (SSSR count). The molecular formula is C18H24NO2+. The van der Waals surface area contributed by atoms with Crippen molar-refractivity contribution >= 4 is 0 Å². The first kappa shape index (κ1) is 15.4. The van der Waals surface area contributed by atoms with Gasteiger partial charge in [0.2, 0.25) is 0 Å². The third kappa shape index (κ3) is 3.56. The molecule has 0 amide bonds. The van der Waals surface area contributed by atoms with Crippen LogP contribution in [0.15, 0.2) is 48.5 Å². The van der Waals surface area contributed by atoms with Crippen LogP contribution in [-0.2, 0) is 0 Å². The molecule has 2 aromatic rings. The number of benzene rings is 2. The molecule has 0 unspecified atom stereocenters. The number of methoxy groups -OCH3 is 2. The fourth-order valence-corrected chi connectivity index (χ4v) is 2.66. The third-order valence-electron chi connectivity index (χ3n) is 3.64. The Morgan fingerprint density at radius 3 is 1.24 bits per heavy atom. The maximum absolute atomic E-state index is 5.25. The van der Waals surface area contributed by atoms with Gasteiger partial charge in [0.05, 0.1) is 35.4 Å². The molecule has 0 heterocycles. The van der Waals surface area contributed by atoms with E-state index >= 15 is 0 Å². The molecule has 0 bridgehead atoms. The van der Waals surface area contributed by atoms with Crippen LogP contribution >= 0.6 is 0 Å². The van der Waals surface area contributed by atoms with Gasteiger partial charge in [-0.1, -0.05) is 0 Å². The molecule has 0 spiro atoms. The van der Waals surface area contributed by atoms with Gasteiger partial charge in [-0.2, -0.15) is 0 Å². The largest absolute Gasteiger partial charge is 0.497 e. The van der Waals surface area contributed by atoms with E-state index in [4.69, 9.17) is 9.47 Å². The van der Waals surface area contributed by atoms with Crippen molar-refractivity contribution in [1.82, 2.24) is 0 Å². The van der Waals surface area contributed by atoms with Gasteiger partial charge in [-0.15, -0.1) is 0 Å². The Balaban J connectivity index is 2.41. The molecule has 21 heavy (non-hydrogen) atoms. The van der Waals surface area contributed by atoms with Crippen molar-refractivity contribution in [1.29, 1.82) is 0 Å². The Morgan fingerprint density at radius 2 is 1.00 bits per heavy atom. The minimum Gasteiger partial charge on any atom is -0.497 e. The first-order valence-corrected chi connectivity index (χ1v) is 7.04. The molecule has 0 aliphatic rings. The van der Waals surface area contributed by atoms with Crippen LogP contribution in [0.1, 0.15) is 17.2 Å². The average Bonchev–Trinajstić information content (AvgIpc) is 2.47. The van der Waals surface area contributed by atoms with Crippen LogP contribution in [0, 0.1) is 0 Å². The molecule has 0 saturated heterocycles. The molecular weight excluding hydrogens is 262 g/mol. The molecule has 3 nitrogen and oxygen atoms in total. The summed E-state index contributed by atoms with van der Waals surface area (Å²) < 4.78 is 11.3. The summed E-state index contributed by atoms with van der Waals surface area (Å²) in [6.07, 6.45) is 0. The van der Waals surface area contributed by atoms with Crippen molar-refractivity contribution in [3.05, 3.63) is 59.7 Å². The standard InChI is InChI=1S/C18H24NO2/c1-19(2,3)18(14-6-10-16(20-4)11-7-14)15-8-12-17(21-5)13-9-15/h6-13,18H,1-5H3/q+1. The predicted molar refractivity (Wildman–Crippen MR) is 85.9 cm³/mol. The zero-order chi connectivity index (χ0) is 15.5. The fraction of sp³-hybridized carbons (Fsp3) is 0.333. The van der Waals surface area contributed by atoms with Gasteiger partial charge < -0.3 is 14.0 Å². The minimum absolute atomic E-state index is 0.266. The van der Waals surface area contributed by atoms with Crippen LogP contribution in [0.2, 0.25) is 0 Å². The molecule has 3 heteroatoms. The van der Waals surface area contributed by atoms with Gasteiger partial charge in [-0.3, -0.25) is 0 Å². The molecule has 0 atom stereocenters. The van der Waals surface area contributed by atoms with Crippen molar-refractivity contribution in [2.75, 3.05) is 35.4 Å². The smallest absolute Gasteiger partial charge is 0.140 e. The topological polar surface area (TPSA) is 18.5 Å². The van der Waals surface area contributed by atoms with Gasteiger partial charge in [-0.05, 0) is 48.5 Å². The average molecular weight is 286 g/mol. The van der Waals surface area contributed by atoms with Crippen LogP contribution in [0.25, 0.3) is 0 Å². The Kier molecular flexibility index (Phi) is 4.53. The molecule has 112 valence electrons. The van der Waals surface area contributed by atoms with E-state index in [9.17, 15) is 0 Å². The lowest BCUT2D eigenvalue weighted by atomic mass is 9.96. The highest BCUT2D eigenvalue weighted by molar-refractivity contribution is 5.36. The van der Waals surface area contributed by atoms with E-state index in [0.717, 1.165) is 16.0 Å². The van der Waals surface area contributed by atoms with E-state index in [1.54, 1.807) is 14.2 Å². The number of hydrogen-bond acceptors (Lipinski definition) is 2. The van der Waals surface area contributed by atoms with E-state index in [2.05, 4.69) is 45.4 Å². The lowest BCUT2D eigenvalue weighted by Crippen LogP contribution is -2.39. The number of rotatable bonds is 5. The van der Waals surface area contributed by atoms with E-state index in [-0.39, 0.29) is 6.04 Å². The molecule has 0 aliphatic heterocycles. The van der Waals surface area contributed by atoms with E-state index in [1.807, 2.05) is 24.3 Å². The maximum Gasteiger partial charge on any atom is 0.140 e. The van der Waals surface area contributed by atoms with Crippen LogP contribution in [0.5, 0.6) is 11.5 Å². The van der Waals surface area contributed by atoms with Crippen LogP contribution < -0.4 is 9.47 Å². The maximum atomic E-state index is 5.25. The normalized spacial score (nSPS) is 11.5. The number of ether oxygens (including phenoxy) is 2. The predicted octanol–water partition coefficient (Wildman–Crippen LogP) is 3.50. The molecule has 0 saturated carbocycles. The van der Waals surface area contributed by atoms with Crippen LogP contribution in [0.3, 0.4) is 0 Å². The van der Waals surface area contributed by atoms with E-state index in [1.165, 1.54) is 11.1 Å². The molecule has 0 fully saturated rings. The summed E-state index contributed by atoms with van der Waals surface area (Å²) in [5, 5.41) is 0. The molecule has 0 aliphatic carbocycles. The summed E-state index contributed by atoms with van der Waals surface area (Å²) in [5.41, 5.74) is 2.54. The van der Waals surface area contributed by atoms with Gasteiger partial charge in [0.1, 0.15) is 17.5 Å². The first-order valence-electron chi connectivity index (χ1n) is 7.04. The summed E-state index contributed by atoms with van der Waals surface area (Å²) in [4.78, 5) is 0. The molecule has 2 aromatic carbocycles. The van der Waals surface area contributed by atoms with E-state index in [0.29, 0.717) is 0 Å². The second-order valence-corrected chi connectivity index (χ2v) is 6.07. The number of quaternary nitrogens is 1. The van der Waals surface area contributed by atoms with Crippen molar-refractivity contribution in [3.8, 4) is 11.5 Å². The highest BCUT2D eigenvalue weighted by Crippen LogP contribution is 2.32. The molecule has 0 aromatic heterocycles. The molecule has 0 radical (unpaired) electrons. The molecule has 0 N–H and O–H groups in total. The van der Waals surface area contributed by atoms with Crippen LogP contribution in [-0.4, -0.2) is 39.8 Å². The summed E-state index contributed by atoms with van der Waals surface area (Å²) in [7, 11) is 10.0. The SMILES string of the molecule is COc1ccc(C(c2ccc(OC)cc2)[N+](C)(C)C)cc1. The number of nitrogens with zero attached hydrogens (tertiary/aromatic N) is 1. The Morgan fingerprint density at radius 1 is 0.667 bits per heavy atom. The highest BCUT2D eigenvalue weighted by atomic mass is 16.5. The Bertz CT molecular complexity index is 520. The summed E-state index contributed by atoms with van der Waals surface area (Å²) in [6.45, 7) is 0. The van der Waals surface area contributed by atoms with E-state index < -0.39 is 0 Å². The van der Waals surface area contributed by atoms with Crippen molar-refractivity contribution in [2.24, 2.45) is 0 Å². The van der Waals surface area contributed by atoms with Gasteiger partial charge in [0.15, 0.2) is 0 Å². The van der Waals surface area contributed by atoms with Crippen molar-refractivity contribution in [2.45, 2.75) is 6.04 Å². The minimum atomic E-state index is 0.266. The Labute approximate surface area is 127 Å². The lowest BCUT2D eigenvalue weighted by Gasteiger charge is -2.35. The van der Waals surface area contributed by atoms with Gasteiger partial charge in [-0.25, -0.2) is 0 Å². The second kappa shape index (κ2) is 6.19. The fourth-order valence-electron chi connectivity index (χ4n) is 2.66. The third-order valence-corrected chi connectivity index (χ3v) is 3.64. The second-order valence-electron chi connectivity index (χ2n) is 6.07. The van der Waals surface area contributed by atoms with Crippen LogP contribution in [0.4, 0.5) is 0 Å². The Hall–Kier alpha value is -2.00. The van der Waals surface area contributed by atoms with Crippen molar-refractivity contribution < 1.29 is 14.0 Å². The number of hydrogen-bond donors (Lipinski definition) is 0. The zero-order valence-corrected chi connectivity index (χ0v) is 13.5. The summed E-state index contributed by atoms with van der Waals surface area (Å²) in [6, 6.07) is 16.9. The van der Waals surface area contributed by atoms with Gasteiger partial charge in [0, 0.05) is 11.1 Å². The lowest BCUT2D eigenvalue weighted by molar-refractivity contribution is -0.896. The first-order chi connectivity index (χ1) is 9.95. The highest BCUT2D eigenvalue weighted by Gasteiger charge is 2.27. The van der Waals surface area contributed by atoms with Gasteiger partial charge >= 0.3 is 0 Å². The quantitative estimate of drug-likeness (QED) is 0.783. The summed E-state index contributed by atoms with van der Waals surface area (Å²) in [5.74, 6) is 1.77. The van der Waals surface area contributed by atoms with Gasteiger partial charge in [0.25, 0.3) is 0 Å².